The molecule has 0 spiro atoms. The number of thiazole rings is 1. The maximum atomic E-state index is 10.5. The van der Waals surface area contributed by atoms with Gasteiger partial charge in [-0.3, -0.25) is 0 Å². The predicted octanol–water partition coefficient (Wildman–Crippen LogP) is 3.74. The van der Waals surface area contributed by atoms with Crippen LogP contribution in [0.4, 0.5) is 0 Å². The van der Waals surface area contributed by atoms with E-state index in [1.807, 2.05) is 64.5 Å². The summed E-state index contributed by atoms with van der Waals surface area (Å²) in [6.45, 7) is 1.15. The molecule has 0 bridgehead atoms. The molecule has 0 amide bonds. The highest BCUT2D eigenvalue weighted by molar-refractivity contribution is 7.07. The molecule has 0 aliphatic carbocycles. The lowest BCUT2D eigenvalue weighted by atomic mass is 10.2. The molecule has 0 radical (unpaired) electrons. The van der Waals surface area contributed by atoms with Crippen molar-refractivity contribution in [3.8, 4) is 11.5 Å². The summed E-state index contributed by atoms with van der Waals surface area (Å²) in [6, 6.07) is 17.9. The Morgan fingerprint density at radius 1 is 1.08 bits per heavy atom. The predicted molar refractivity (Wildman–Crippen MR) is 103 cm³/mol. The zero-order chi connectivity index (χ0) is 17.8. The third-order valence-electron chi connectivity index (χ3n) is 4.13. The van der Waals surface area contributed by atoms with Gasteiger partial charge in [0.1, 0.15) is 5.69 Å². The highest BCUT2D eigenvalue weighted by atomic mass is 32.1. The summed E-state index contributed by atoms with van der Waals surface area (Å²) in [5, 5.41) is 12.5. The van der Waals surface area contributed by atoms with Gasteiger partial charge in [0.05, 0.1) is 42.4 Å². The molecule has 2 aromatic heterocycles. The van der Waals surface area contributed by atoms with Crippen molar-refractivity contribution in [2.24, 2.45) is 0 Å². The number of hydrogen-bond donors (Lipinski definition) is 1. The van der Waals surface area contributed by atoms with Crippen molar-refractivity contribution in [1.29, 1.82) is 0 Å². The van der Waals surface area contributed by atoms with Crippen LogP contribution in [0.15, 0.2) is 65.5 Å². The second-order valence-corrected chi connectivity index (χ2v) is 6.78. The third-order valence-corrected chi connectivity index (χ3v) is 4.72. The Morgan fingerprint density at radius 2 is 1.88 bits per heavy atom. The lowest BCUT2D eigenvalue weighted by molar-refractivity contribution is 0.0211. The van der Waals surface area contributed by atoms with Crippen molar-refractivity contribution < 1.29 is 9.84 Å². The zero-order valence-electron chi connectivity index (χ0n) is 14.2. The fourth-order valence-electron chi connectivity index (χ4n) is 2.93. The summed E-state index contributed by atoms with van der Waals surface area (Å²) in [4.78, 5) is 9.07. The molecule has 26 heavy (non-hydrogen) atoms. The minimum Gasteiger partial charge on any atom is -0.389 e. The number of nitrogens with zero attached hydrogens (tertiary/aromatic N) is 3. The quantitative estimate of drug-likeness (QED) is 0.542. The average Bonchev–Trinajstić information content (AvgIpc) is 3.31. The van der Waals surface area contributed by atoms with Crippen molar-refractivity contribution in [2.75, 3.05) is 6.61 Å². The maximum Gasteiger partial charge on any atom is 0.160 e. The smallest absolute Gasteiger partial charge is 0.160 e. The molecule has 0 aliphatic heterocycles. The van der Waals surface area contributed by atoms with Gasteiger partial charge in [-0.1, -0.05) is 42.5 Å². The molecule has 0 fully saturated rings. The summed E-state index contributed by atoms with van der Waals surface area (Å²) in [5.74, 6) is 0.773. The van der Waals surface area contributed by atoms with Crippen LogP contribution in [-0.4, -0.2) is 32.4 Å². The highest BCUT2D eigenvalue weighted by Gasteiger charge is 2.16. The molecule has 0 unspecified atom stereocenters. The van der Waals surface area contributed by atoms with E-state index in [-0.39, 0.29) is 6.61 Å². The second kappa shape index (κ2) is 7.78. The number of aliphatic hydroxyl groups excluding tert-OH is 1. The van der Waals surface area contributed by atoms with Crippen LogP contribution in [0.3, 0.4) is 0 Å². The van der Waals surface area contributed by atoms with Crippen LogP contribution in [0.1, 0.15) is 5.56 Å². The van der Waals surface area contributed by atoms with Gasteiger partial charge in [-0.15, -0.1) is 11.3 Å². The van der Waals surface area contributed by atoms with Crippen molar-refractivity contribution in [1.82, 2.24) is 14.5 Å². The van der Waals surface area contributed by atoms with Crippen LogP contribution in [0.25, 0.3) is 22.6 Å². The number of hydrogen-bond acceptors (Lipinski definition) is 5. The van der Waals surface area contributed by atoms with Gasteiger partial charge in [-0.2, -0.15) is 0 Å². The monoisotopic (exact) mass is 365 g/mol. The Bertz CT molecular complexity index is 967. The molecule has 2 heterocycles. The number of rotatable bonds is 7. The Balaban J connectivity index is 1.50. The number of imidazole rings is 1. The molecule has 132 valence electrons. The van der Waals surface area contributed by atoms with E-state index in [0.717, 1.165) is 28.1 Å². The molecule has 4 rings (SSSR count). The van der Waals surface area contributed by atoms with Crippen LogP contribution in [0.5, 0.6) is 0 Å². The fourth-order valence-corrected chi connectivity index (χ4v) is 3.46. The first-order valence-electron chi connectivity index (χ1n) is 8.45. The van der Waals surface area contributed by atoms with Crippen LogP contribution in [0.2, 0.25) is 0 Å². The lowest BCUT2D eigenvalue weighted by Crippen LogP contribution is -2.22. The number of ether oxygens (including phenoxy) is 1. The Morgan fingerprint density at radius 3 is 2.69 bits per heavy atom. The van der Waals surface area contributed by atoms with Crippen LogP contribution in [0, 0.1) is 0 Å². The molecule has 4 aromatic rings. The molecule has 2 aromatic carbocycles. The second-order valence-electron chi connectivity index (χ2n) is 6.06. The topological polar surface area (TPSA) is 60.2 Å². The molecule has 5 nitrogen and oxygen atoms in total. The Hall–Kier alpha value is -2.54. The number of benzene rings is 2. The van der Waals surface area contributed by atoms with Crippen molar-refractivity contribution >= 4 is 22.4 Å². The first-order valence-corrected chi connectivity index (χ1v) is 9.39. The van der Waals surface area contributed by atoms with Gasteiger partial charge in [-0.25, -0.2) is 9.97 Å². The van der Waals surface area contributed by atoms with Crippen molar-refractivity contribution in [3.63, 3.8) is 0 Å². The fraction of sp³-hybridized carbons (Fsp3) is 0.200. The highest BCUT2D eigenvalue weighted by Crippen LogP contribution is 2.25. The molecular formula is C20H19N3O2S. The summed E-state index contributed by atoms with van der Waals surface area (Å²) in [5.41, 5.74) is 5.59. The van der Waals surface area contributed by atoms with Gasteiger partial charge in [0, 0.05) is 5.38 Å². The summed E-state index contributed by atoms with van der Waals surface area (Å²) >= 11 is 1.53. The Labute approximate surface area is 155 Å². The van der Waals surface area contributed by atoms with Gasteiger partial charge in [0.25, 0.3) is 0 Å². The van der Waals surface area contributed by atoms with E-state index in [9.17, 15) is 5.11 Å². The number of para-hydroxylation sites is 2. The molecule has 0 aliphatic rings. The van der Waals surface area contributed by atoms with E-state index < -0.39 is 6.10 Å². The minimum atomic E-state index is -0.631. The molecule has 6 heteroatoms. The average molecular weight is 365 g/mol. The summed E-state index contributed by atoms with van der Waals surface area (Å²) in [7, 11) is 0. The van der Waals surface area contributed by atoms with Gasteiger partial charge >= 0.3 is 0 Å². The minimum absolute atomic E-state index is 0.262. The first kappa shape index (κ1) is 16.9. The SMILES string of the molecule is O[C@H](COCc1ccccc1)Cn1c(-c2cscn2)nc2ccccc21. The van der Waals surface area contributed by atoms with E-state index in [1.54, 1.807) is 5.51 Å². The van der Waals surface area contributed by atoms with E-state index in [0.29, 0.717) is 13.2 Å². The van der Waals surface area contributed by atoms with Gasteiger partial charge in [0.15, 0.2) is 5.82 Å². The normalized spacial score (nSPS) is 12.5. The Kier molecular flexibility index (Phi) is 5.06. The largest absolute Gasteiger partial charge is 0.389 e. The first-order chi connectivity index (χ1) is 12.8. The van der Waals surface area contributed by atoms with Gasteiger partial charge in [-0.05, 0) is 17.7 Å². The molecule has 1 N–H and O–H groups in total. The maximum absolute atomic E-state index is 10.5. The molecule has 1 atom stereocenters. The lowest BCUT2D eigenvalue weighted by Gasteiger charge is -2.14. The standard InChI is InChI=1S/C20H19N3O2S/c24-16(12-25-11-15-6-2-1-3-7-15)10-23-19-9-5-4-8-17(19)22-20(23)18-13-26-14-21-18/h1-9,13-14,16,24H,10-12H2/t16-/m0/s1. The summed E-state index contributed by atoms with van der Waals surface area (Å²) < 4.78 is 7.69. The van der Waals surface area contributed by atoms with E-state index in [2.05, 4.69) is 4.98 Å². The zero-order valence-corrected chi connectivity index (χ0v) is 15.0. The molecule has 0 saturated carbocycles. The van der Waals surface area contributed by atoms with E-state index in [1.165, 1.54) is 11.3 Å². The van der Waals surface area contributed by atoms with E-state index >= 15 is 0 Å². The number of fused-ring (bicyclic) bond motifs is 1. The number of aliphatic hydroxyl groups is 1. The molecule has 0 saturated heterocycles. The van der Waals surface area contributed by atoms with Crippen LogP contribution in [-0.2, 0) is 17.9 Å². The van der Waals surface area contributed by atoms with Crippen molar-refractivity contribution in [2.45, 2.75) is 19.3 Å². The number of aromatic nitrogens is 3. The van der Waals surface area contributed by atoms with Crippen molar-refractivity contribution in [3.05, 3.63) is 71.1 Å². The summed E-state index contributed by atoms with van der Waals surface area (Å²) in [6.07, 6.45) is -0.631. The van der Waals surface area contributed by atoms with Crippen LogP contribution < -0.4 is 0 Å². The third kappa shape index (κ3) is 3.67. The van der Waals surface area contributed by atoms with E-state index in [4.69, 9.17) is 9.72 Å². The van der Waals surface area contributed by atoms with Gasteiger partial charge < -0.3 is 14.4 Å². The van der Waals surface area contributed by atoms with Crippen LogP contribution >= 0.6 is 11.3 Å². The van der Waals surface area contributed by atoms with Gasteiger partial charge in [0.2, 0.25) is 0 Å². The molecular weight excluding hydrogens is 346 g/mol.